The quantitative estimate of drug-likeness (QED) is 0.510. The fraction of sp³-hybridized carbons (Fsp3) is 0.429. The first-order chi connectivity index (χ1) is 4.59. The summed E-state index contributed by atoms with van der Waals surface area (Å²) in [4.78, 5) is 15.3. The van der Waals surface area contributed by atoms with Crippen LogP contribution < -0.4 is 0 Å². The average molecular weight is 139 g/mol. The minimum Gasteiger partial charge on any atom is -0.317 e. The molecular formula is C7H9NO2. The molecule has 0 aromatic rings. The summed E-state index contributed by atoms with van der Waals surface area (Å²) in [6.45, 7) is 7.02. The van der Waals surface area contributed by atoms with E-state index in [1.165, 1.54) is 6.08 Å². The van der Waals surface area contributed by atoms with Crippen LogP contribution in [0.1, 0.15) is 13.8 Å². The van der Waals surface area contributed by atoms with Crippen LogP contribution in [0.4, 0.5) is 0 Å². The van der Waals surface area contributed by atoms with Gasteiger partial charge in [0.05, 0.1) is 5.71 Å². The highest BCUT2D eigenvalue weighted by Crippen LogP contribution is 2.25. The summed E-state index contributed by atoms with van der Waals surface area (Å²) in [5.41, 5.74) is -0.0145. The number of hydrogen-bond donors (Lipinski definition) is 0. The minimum atomic E-state index is -0.609. The standard InChI is InChI=1S/C7H9NO2/c1-4-5-7(2,3)6(9)10-8-5/h4H,1H2,2-3H3. The van der Waals surface area contributed by atoms with Crippen LogP contribution in [0.3, 0.4) is 0 Å². The molecule has 0 saturated heterocycles. The monoisotopic (exact) mass is 139 g/mol. The van der Waals surface area contributed by atoms with Crippen molar-refractivity contribution in [2.45, 2.75) is 13.8 Å². The van der Waals surface area contributed by atoms with E-state index < -0.39 is 5.41 Å². The van der Waals surface area contributed by atoms with Crippen molar-refractivity contribution in [3.8, 4) is 0 Å². The van der Waals surface area contributed by atoms with Crippen molar-refractivity contribution in [2.75, 3.05) is 0 Å². The van der Waals surface area contributed by atoms with Crippen LogP contribution in [-0.2, 0) is 9.63 Å². The Balaban J connectivity index is 2.98. The van der Waals surface area contributed by atoms with Crippen molar-refractivity contribution < 1.29 is 9.63 Å². The summed E-state index contributed by atoms with van der Waals surface area (Å²) in [5.74, 6) is -0.317. The van der Waals surface area contributed by atoms with E-state index in [9.17, 15) is 4.79 Å². The van der Waals surface area contributed by atoms with Crippen LogP contribution >= 0.6 is 0 Å². The lowest BCUT2D eigenvalue weighted by Crippen LogP contribution is -2.26. The second-order valence-corrected chi connectivity index (χ2v) is 2.68. The number of oxime groups is 1. The van der Waals surface area contributed by atoms with Gasteiger partial charge < -0.3 is 4.84 Å². The summed E-state index contributed by atoms with van der Waals surface area (Å²) in [6.07, 6.45) is 1.53. The van der Waals surface area contributed by atoms with Gasteiger partial charge in [0.2, 0.25) is 0 Å². The van der Waals surface area contributed by atoms with E-state index in [1.54, 1.807) is 13.8 Å². The molecule has 3 heteroatoms. The molecule has 0 aliphatic carbocycles. The van der Waals surface area contributed by atoms with Crippen molar-refractivity contribution >= 4 is 11.7 Å². The first-order valence-electron chi connectivity index (χ1n) is 3.01. The third-order valence-electron chi connectivity index (χ3n) is 1.57. The van der Waals surface area contributed by atoms with Gasteiger partial charge in [-0.15, -0.1) is 0 Å². The van der Waals surface area contributed by atoms with Crippen LogP contribution in [0.5, 0.6) is 0 Å². The van der Waals surface area contributed by atoms with Gasteiger partial charge in [0, 0.05) is 0 Å². The molecule has 0 saturated carbocycles. The lowest BCUT2D eigenvalue weighted by molar-refractivity contribution is -0.146. The maximum atomic E-state index is 10.9. The molecule has 1 heterocycles. The third kappa shape index (κ3) is 0.744. The largest absolute Gasteiger partial charge is 0.346 e. The van der Waals surface area contributed by atoms with Gasteiger partial charge in [0.15, 0.2) is 0 Å². The van der Waals surface area contributed by atoms with E-state index in [1.807, 2.05) is 0 Å². The molecule has 0 atom stereocenters. The molecule has 0 amide bonds. The number of carbonyl (C=O) groups is 1. The summed E-state index contributed by atoms with van der Waals surface area (Å²) >= 11 is 0. The molecule has 1 aliphatic heterocycles. The van der Waals surface area contributed by atoms with E-state index in [4.69, 9.17) is 0 Å². The highest BCUT2D eigenvalue weighted by atomic mass is 16.7. The molecule has 1 rings (SSSR count). The molecular weight excluding hydrogens is 130 g/mol. The zero-order valence-electron chi connectivity index (χ0n) is 6.05. The van der Waals surface area contributed by atoms with Crippen molar-refractivity contribution in [3.63, 3.8) is 0 Å². The molecule has 0 N–H and O–H groups in total. The molecule has 1 aliphatic rings. The summed E-state index contributed by atoms with van der Waals surface area (Å²) in [5, 5.41) is 3.54. The Morgan fingerprint density at radius 1 is 1.70 bits per heavy atom. The smallest absolute Gasteiger partial charge is 0.317 e. The maximum Gasteiger partial charge on any atom is 0.346 e. The van der Waals surface area contributed by atoms with Gasteiger partial charge in [0.1, 0.15) is 5.41 Å². The number of carbonyl (C=O) groups excluding carboxylic acids is 1. The van der Waals surface area contributed by atoms with Crippen molar-refractivity contribution in [1.29, 1.82) is 0 Å². The van der Waals surface area contributed by atoms with Gasteiger partial charge in [-0.25, -0.2) is 4.79 Å². The number of rotatable bonds is 1. The molecule has 54 valence electrons. The number of allylic oxidation sites excluding steroid dienone is 1. The second kappa shape index (κ2) is 1.94. The molecule has 0 bridgehead atoms. The lowest BCUT2D eigenvalue weighted by atomic mass is 9.88. The highest BCUT2D eigenvalue weighted by Gasteiger charge is 2.39. The Bertz CT molecular complexity index is 216. The molecule has 0 radical (unpaired) electrons. The van der Waals surface area contributed by atoms with Crippen LogP contribution in [0.15, 0.2) is 17.8 Å². The highest BCUT2D eigenvalue weighted by molar-refractivity contribution is 6.13. The van der Waals surface area contributed by atoms with E-state index in [0.717, 1.165) is 0 Å². The zero-order chi connectivity index (χ0) is 7.78. The van der Waals surface area contributed by atoms with Crippen molar-refractivity contribution in [2.24, 2.45) is 10.6 Å². The minimum absolute atomic E-state index is 0.317. The number of nitrogens with zero attached hydrogens (tertiary/aromatic N) is 1. The van der Waals surface area contributed by atoms with Crippen molar-refractivity contribution in [1.82, 2.24) is 0 Å². The van der Waals surface area contributed by atoms with Gasteiger partial charge in [-0.3, -0.25) is 0 Å². The predicted molar refractivity (Wildman–Crippen MR) is 37.5 cm³/mol. The van der Waals surface area contributed by atoms with Crippen molar-refractivity contribution in [3.05, 3.63) is 12.7 Å². The molecule has 0 unspecified atom stereocenters. The Morgan fingerprint density at radius 3 is 2.50 bits per heavy atom. The normalized spacial score (nSPS) is 21.8. The summed E-state index contributed by atoms with van der Waals surface area (Å²) < 4.78 is 0. The fourth-order valence-electron chi connectivity index (χ4n) is 0.716. The van der Waals surface area contributed by atoms with Crippen LogP contribution in [0, 0.1) is 5.41 Å². The maximum absolute atomic E-state index is 10.9. The first kappa shape index (κ1) is 6.99. The van der Waals surface area contributed by atoms with Gasteiger partial charge in [0.25, 0.3) is 0 Å². The summed E-state index contributed by atoms with van der Waals surface area (Å²) in [6, 6.07) is 0. The fourth-order valence-corrected chi connectivity index (χ4v) is 0.716. The molecule has 0 spiro atoms. The third-order valence-corrected chi connectivity index (χ3v) is 1.57. The SMILES string of the molecule is C=CC1=NOC(=O)C1(C)C. The first-order valence-corrected chi connectivity index (χ1v) is 3.01. The lowest BCUT2D eigenvalue weighted by Gasteiger charge is -2.10. The average Bonchev–Trinajstić information content (AvgIpc) is 2.10. The number of hydrogen-bond acceptors (Lipinski definition) is 3. The van der Waals surface area contributed by atoms with Crippen LogP contribution in [-0.4, -0.2) is 11.7 Å². The predicted octanol–water partition coefficient (Wildman–Crippen LogP) is 1.11. The topological polar surface area (TPSA) is 38.7 Å². The Hall–Kier alpha value is -1.12. The summed E-state index contributed by atoms with van der Waals surface area (Å²) in [7, 11) is 0. The van der Waals surface area contributed by atoms with E-state index in [0.29, 0.717) is 5.71 Å². The Morgan fingerprint density at radius 2 is 2.30 bits per heavy atom. The Kier molecular flexibility index (Phi) is 1.35. The van der Waals surface area contributed by atoms with E-state index >= 15 is 0 Å². The van der Waals surface area contributed by atoms with Gasteiger partial charge in [-0.1, -0.05) is 11.7 Å². The molecule has 0 aromatic heterocycles. The van der Waals surface area contributed by atoms with Crippen LogP contribution in [0.2, 0.25) is 0 Å². The zero-order valence-corrected chi connectivity index (χ0v) is 6.05. The van der Waals surface area contributed by atoms with E-state index in [2.05, 4.69) is 16.6 Å². The van der Waals surface area contributed by atoms with Gasteiger partial charge in [-0.2, -0.15) is 0 Å². The van der Waals surface area contributed by atoms with Gasteiger partial charge in [-0.05, 0) is 19.9 Å². The molecule has 0 fully saturated rings. The molecule has 0 aromatic carbocycles. The van der Waals surface area contributed by atoms with Crippen LogP contribution in [0.25, 0.3) is 0 Å². The Labute approximate surface area is 59.4 Å². The van der Waals surface area contributed by atoms with Gasteiger partial charge >= 0.3 is 5.97 Å². The van der Waals surface area contributed by atoms with E-state index in [-0.39, 0.29) is 5.97 Å². The molecule has 10 heavy (non-hydrogen) atoms. The molecule has 3 nitrogen and oxygen atoms in total. The second-order valence-electron chi connectivity index (χ2n) is 2.68.